The lowest BCUT2D eigenvalue weighted by atomic mass is 10.1. The van der Waals surface area contributed by atoms with Crippen LogP contribution < -0.4 is 4.90 Å². The van der Waals surface area contributed by atoms with E-state index in [9.17, 15) is 22.8 Å². The Balaban J connectivity index is 2.12. The highest BCUT2D eigenvalue weighted by molar-refractivity contribution is 5.89. The van der Waals surface area contributed by atoms with E-state index in [1.807, 2.05) is 0 Å². The summed E-state index contributed by atoms with van der Waals surface area (Å²) in [5, 5.41) is 8.57. The molecule has 1 heterocycles. The van der Waals surface area contributed by atoms with Gasteiger partial charge in [0.15, 0.2) is 0 Å². The SMILES string of the molecule is O=C(O)CCC1CN(c2cccc(C(F)(F)F)c2)C(=O)O1. The van der Waals surface area contributed by atoms with Crippen LogP contribution in [-0.2, 0) is 15.7 Å². The average Bonchev–Trinajstić information content (AvgIpc) is 2.77. The highest BCUT2D eigenvalue weighted by atomic mass is 19.4. The van der Waals surface area contributed by atoms with Gasteiger partial charge in [0.25, 0.3) is 0 Å². The van der Waals surface area contributed by atoms with Crippen molar-refractivity contribution in [3.8, 4) is 0 Å². The predicted molar refractivity (Wildman–Crippen MR) is 65.9 cm³/mol. The van der Waals surface area contributed by atoms with Crippen LogP contribution in [0.5, 0.6) is 0 Å². The second-order valence-corrected chi connectivity index (χ2v) is 4.60. The van der Waals surface area contributed by atoms with E-state index in [1.54, 1.807) is 0 Å². The van der Waals surface area contributed by atoms with Crippen LogP contribution in [0, 0.1) is 0 Å². The largest absolute Gasteiger partial charge is 0.481 e. The van der Waals surface area contributed by atoms with Crippen molar-refractivity contribution in [2.45, 2.75) is 25.1 Å². The summed E-state index contributed by atoms with van der Waals surface area (Å²) in [7, 11) is 0. The maximum absolute atomic E-state index is 12.6. The van der Waals surface area contributed by atoms with Gasteiger partial charge in [0.2, 0.25) is 0 Å². The zero-order valence-corrected chi connectivity index (χ0v) is 10.8. The quantitative estimate of drug-likeness (QED) is 0.928. The van der Waals surface area contributed by atoms with Crippen molar-refractivity contribution in [2.24, 2.45) is 0 Å². The number of halogens is 3. The molecule has 0 aliphatic carbocycles. The predicted octanol–water partition coefficient (Wildman–Crippen LogP) is 2.90. The highest BCUT2D eigenvalue weighted by Crippen LogP contribution is 2.33. The summed E-state index contributed by atoms with van der Waals surface area (Å²) >= 11 is 0. The van der Waals surface area contributed by atoms with Crippen molar-refractivity contribution in [3.05, 3.63) is 29.8 Å². The molecule has 1 aliphatic rings. The second kappa shape index (κ2) is 5.63. The molecule has 1 saturated heterocycles. The van der Waals surface area contributed by atoms with Crippen LogP contribution in [-0.4, -0.2) is 29.8 Å². The molecule has 8 heteroatoms. The van der Waals surface area contributed by atoms with Gasteiger partial charge in [-0.25, -0.2) is 4.79 Å². The number of carbonyl (C=O) groups is 2. The molecule has 1 unspecified atom stereocenters. The third-order valence-corrected chi connectivity index (χ3v) is 3.04. The Kier molecular flexibility index (Phi) is 4.06. The van der Waals surface area contributed by atoms with E-state index in [4.69, 9.17) is 9.84 Å². The van der Waals surface area contributed by atoms with Gasteiger partial charge in [-0.1, -0.05) is 6.07 Å². The molecule has 2 rings (SSSR count). The van der Waals surface area contributed by atoms with Gasteiger partial charge in [0, 0.05) is 12.1 Å². The fourth-order valence-corrected chi connectivity index (χ4v) is 2.02. The van der Waals surface area contributed by atoms with Crippen molar-refractivity contribution < 1.29 is 32.6 Å². The minimum absolute atomic E-state index is 0.0351. The Morgan fingerprint density at radius 1 is 1.43 bits per heavy atom. The zero-order chi connectivity index (χ0) is 15.6. The first-order chi connectivity index (χ1) is 9.77. The maximum atomic E-state index is 12.6. The molecule has 0 spiro atoms. The topological polar surface area (TPSA) is 66.8 Å². The molecular weight excluding hydrogens is 291 g/mol. The summed E-state index contributed by atoms with van der Waals surface area (Å²) in [5.74, 6) is -1.02. The van der Waals surface area contributed by atoms with E-state index in [2.05, 4.69) is 0 Å². The Morgan fingerprint density at radius 3 is 2.76 bits per heavy atom. The number of anilines is 1. The molecule has 21 heavy (non-hydrogen) atoms. The molecular formula is C13H12F3NO4. The standard InChI is InChI=1S/C13H12F3NO4/c14-13(15,16)8-2-1-3-9(6-8)17-7-10(21-12(17)20)4-5-11(18)19/h1-3,6,10H,4-5,7H2,(H,18,19). The lowest BCUT2D eigenvalue weighted by Gasteiger charge is -2.15. The van der Waals surface area contributed by atoms with E-state index in [0.29, 0.717) is 0 Å². The maximum Gasteiger partial charge on any atom is 0.416 e. The van der Waals surface area contributed by atoms with Crippen LogP contribution in [0.1, 0.15) is 18.4 Å². The van der Waals surface area contributed by atoms with E-state index < -0.39 is 29.9 Å². The van der Waals surface area contributed by atoms with Gasteiger partial charge >= 0.3 is 18.2 Å². The van der Waals surface area contributed by atoms with Crippen molar-refractivity contribution in [1.82, 2.24) is 0 Å². The lowest BCUT2D eigenvalue weighted by molar-refractivity contribution is -0.138. The molecule has 0 bridgehead atoms. The normalized spacial score (nSPS) is 18.7. The molecule has 0 aromatic heterocycles. The summed E-state index contributed by atoms with van der Waals surface area (Å²) < 4.78 is 42.9. The molecule has 1 aromatic rings. The number of cyclic esters (lactones) is 1. The van der Waals surface area contributed by atoms with Crippen molar-refractivity contribution in [1.29, 1.82) is 0 Å². The molecule has 1 atom stereocenters. The second-order valence-electron chi connectivity index (χ2n) is 4.60. The molecule has 1 N–H and O–H groups in total. The molecule has 5 nitrogen and oxygen atoms in total. The first-order valence-corrected chi connectivity index (χ1v) is 6.14. The number of ether oxygens (including phenoxy) is 1. The van der Waals surface area contributed by atoms with Crippen LogP contribution >= 0.6 is 0 Å². The van der Waals surface area contributed by atoms with Crippen molar-refractivity contribution in [2.75, 3.05) is 11.4 Å². The number of rotatable bonds is 4. The number of carbonyl (C=O) groups excluding carboxylic acids is 1. The van der Waals surface area contributed by atoms with Gasteiger partial charge < -0.3 is 9.84 Å². The lowest BCUT2D eigenvalue weighted by Crippen LogP contribution is -2.25. The Bertz CT molecular complexity index is 559. The summed E-state index contributed by atoms with van der Waals surface area (Å²) in [6.45, 7) is 0.0351. The summed E-state index contributed by atoms with van der Waals surface area (Å²) in [6.07, 6.45) is -5.96. The van der Waals surface area contributed by atoms with E-state index in [-0.39, 0.29) is 25.1 Å². The van der Waals surface area contributed by atoms with Gasteiger partial charge in [-0.15, -0.1) is 0 Å². The number of hydrogen-bond donors (Lipinski definition) is 1. The van der Waals surface area contributed by atoms with E-state index in [0.717, 1.165) is 17.0 Å². The van der Waals surface area contributed by atoms with Crippen LogP contribution in [0.25, 0.3) is 0 Å². The zero-order valence-electron chi connectivity index (χ0n) is 10.8. The number of carboxylic acid groups (broad SMARTS) is 1. The van der Waals surface area contributed by atoms with Gasteiger partial charge in [-0.2, -0.15) is 13.2 Å². The van der Waals surface area contributed by atoms with Crippen LogP contribution in [0.15, 0.2) is 24.3 Å². The number of nitrogens with zero attached hydrogens (tertiary/aromatic N) is 1. The van der Waals surface area contributed by atoms with Crippen LogP contribution in [0.3, 0.4) is 0 Å². The molecule has 114 valence electrons. The van der Waals surface area contributed by atoms with Crippen LogP contribution in [0.2, 0.25) is 0 Å². The van der Waals surface area contributed by atoms with Crippen LogP contribution in [0.4, 0.5) is 23.7 Å². The molecule has 1 aliphatic heterocycles. The molecule has 0 radical (unpaired) electrons. The van der Waals surface area contributed by atoms with Gasteiger partial charge in [-0.05, 0) is 24.6 Å². The third kappa shape index (κ3) is 3.65. The van der Waals surface area contributed by atoms with Crippen molar-refractivity contribution >= 4 is 17.7 Å². The fourth-order valence-electron chi connectivity index (χ4n) is 2.02. The third-order valence-electron chi connectivity index (χ3n) is 3.04. The number of aliphatic carboxylic acids is 1. The molecule has 1 aromatic carbocycles. The highest BCUT2D eigenvalue weighted by Gasteiger charge is 2.35. The van der Waals surface area contributed by atoms with Gasteiger partial charge in [0.05, 0.1) is 12.1 Å². The number of hydrogen-bond acceptors (Lipinski definition) is 3. The average molecular weight is 303 g/mol. The van der Waals surface area contributed by atoms with E-state index >= 15 is 0 Å². The number of benzene rings is 1. The number of amides is 1. The monoisotopic (exact) mass is 303 g/mol. The summed E-state index contributed by atoms with van der Waals surface area (Å²) in [4.78, 5) is 23.2. The summed E-state index contributed by atoms with van der Waals surface area (Å²) in [6, 6.07) is 4.35. The first-order valence-electron chi connectivity index (χ1n) is 6.14. The Labute approximate surface area is 117 Å². The smallest absolute Gasteiger partial charge is 0.416 e. The van der Waals surface area contributed by atoms with Crippen molar-refractivity contribution in [3.63, 3.8) is 0 Å². The van der Waals surface area contributed by atoms with Gasteiger partial charge in [0.1, 0.15) is 6.10 Å². The Morgan fingerprint density at radius 2 is 2.14 bits per heavy atom. The molecule has 0 saturated carbocycles. The van der Waals surface area contributed by atoms with E-state index in [1.165, 1.54) is 12.1 Å². The first kappa shape index (κ1) is 15.1. The summed E-state index contributed by atoms with van der Waals surface area (Å²) in [5.41, 5.74) is -0.783. The number of carboxylic acids is 1. The minimum atomic E-state index is -4.50. The minimum Gasteiger partial charge on any atom is -0.481 e. The number of alkyl halides is 3. The Hall–Kier alpha value is -2.25. The molecule has 1 amide bonds. The fraction of sp³-hybridized carbons (Fsp3) is 0.385. The molecule has 1 fully saturated rings. The van der Waals surface area contributed by atoms with Gasteiger partial charge in [-0.3, -0.25) is 9.69 Å².